The number of rotatable bonds is 2. The van der Waals surface area contributed by atoms with Crippen molar-refractivity contribution in [2.45, 2.75) is 6.54 Å². The fourth-order valence-electron chi connectivity index (χ4n) is 1.35. The Morgan fingerprint density at radius 2 is 2.12 bits per heavy atom. The molecule has 0 saturated heterocycles. The summed E-state index contributed by atoms with van der Waals surface area (Å²) in [6.45, 7) is 0.104. The summed E-state index contributed by atoms with van der Waals surface area (Å²) in [4.78, 5) is 15.5. The van der Waals surface area contributed by atoms with Crippen LogP contribution in [0.1, 0.15) is 5.69 Å². The second-order valence-electron chi connectivity index (χ2n) is 3.40. The van der Waals surface area contributed by atoms with Crippen LogP contribution in [0.15, 0.2) is 35.4 Å². The summed E-state index contributed by atoms with van der Waals surface area (Å²) < 4.78 is 14.2. The van der Waals surface area contributed by atoms with Crippen molar-refractivity contribution >= 4 is 23.2 Å². The number of pyridine rings is 2. The van der Waals surface area contributed by atoms with E-state index in [-0.39, 0.29) is 12.1 Å². The molecule has 2 rings (SSSR count). The van der Waals surface area contributed by atoms with Crippen molar-refractivity contribution in [2.24, 2.45) is 0 Å². The molecule has 3 nitrogen and oxygen atoms in total. The minimum atomic E-state index is -0.491. The quantitative estimate of drug-likeness (QED) is 0.843. The van der Waals surface area contributed by atoms with Crippen molar-refractivity contribution in [1.82, 2.24) is 9.55 Å². The van der Waals surface area contributed by atoms with Crippen LogP contribution in [-0.4, -0.2) is 9.55 Å². The molecule has 0 unspecified atom stereocenters. The number of halogens is 3. The molecule has 0 aliphatic heterocycles. The molecule has 2 aromatic rings. The summed E-state index contributed by atoms with van der Waals surface area (Å²) >= 11 is 11.6. The molecule has 6 heteroatoms. The Bertz CT molecular complexity index is 613. The van der Waals surface area contributed by atoms with Crippen LogP contribution >= 0.6 is 23.2 Å². The summed E-state index contributed by atoms with van der Waals surface area (Å²) in [6.07, 6.45) is 2.53. The fraction of sp³-hybridized carbons (Fsp3) is 0.0909. The van der Waals surface area contributed by atoms with Crippen molar-refractivity contribution < 1.29 is 4.39 Å². The molecule has 0 aromatic carbocycles. The van der Waals surface area contributed by atoms with Gasteiger partial charge >= 0.3 is 0 Å². The zero-order valence-corrected chi connectivity index (χ0v) is 10.0. The van der Waals surface area contributed by atoms with Crippen LogP contribution in [-0.2, 0) is 6.54 Å². The van der Waals surface area contributed by atoms with Crippen LogP contribution in [0.5, 0.6) is 0 Å². The van der Waals surface area contributed by atoms with Crippen molar-refractivity contribution in [3.8, 4) is 0 Å². The Morgan fingerprint density at radius 1 is 1.35 bits per heavy atom. The highest BCUT2D eigenvalue weighted by Crippen LogP contribution is 2.18. The first-order chi connectivity index (χ1) is 8.06. The monoisotopic (exact) mass is 272 g/mol. The molecule has 0 N–H and O–H groups in total. The average molecular weight is 273 g/mol. The molecular weight excluding hydrogens is 266 g/mol. The van der Waals surface area contributed by atoms with Gasteiger partial charge in [-0.1, -0.05) is 23.2 Å². The molecule has 0 fully saturated rings. The molecule has 2 heterocycles. The van der Waals surface area contributed by atoms with Crippen molar-refractivity contribution in [3.05, 3.63) is 62.5 Å². The van der Waals surface area contributed by atoms with E-state index < -0.39 is 5.82 Å². The molecule has 17 heavy (non-hydrogen) atoms. The third kappa shape index (κ3) is 2.84. The second kappa shape index (κ2) is 4.85. The molecule has 88 valence electrons. The van der Waals surface area contributed by atoms with E-state index in [1.165, 1.54) is 16.8 Å². The van der Waals surface area contributed by atoms with Crippen LogP contribution in [0.2, 0.25) is 10.0 Å². The van der Waals surface area contributed by atoms with Gasteiger partial charge in [0.2, 0.25) is 0 Å². The maximum atomic E-state index is 13.0. The van der Waals surface area contributed by atoms with Gasteiger partial charge in [0.1, 0.15) is 5.82 Å². The first-order valence-corrected chi connectivity index (χ1v) is 5.48. The van der Waals surface area contributed by atoms with E-state index in [1.807, 2.05) is 0 Å². The molecule has 0 bridgehead atoms. The predicted octanol–water partition coefficient (Wildman–Crippen LogP) is 2.74. The van der Waals surface area contributed by atoms with E-state index in [9.17, 15) is 9.18 Å². The number of hydrogen-bond donors (Lipinski definition) is 0. The van der Waals surface area contributed by atoms with Crippen LogP contribution in [0.25, 0.3) is 0 Å². The van der Waals surface area contributed by atoms with E-state index in [4.69, 9.17) is 23.2 Å². The zero-order valence-electron chi connectivity index (χ0n) is 8.53. The summed E-state index contributed by atoms with van der Waals surface area (Å²) in [7, 11) is 0. The number of nitrogens with zero attached hydrogens (tertiary/aromatic N) is 2. The highest BCUT2D eigenvalue weighted by atomic mass is 35.5. The second-order valence-corrected chi connectivity index (χ2v) is 4.24. The topological polar surface area (TPSA) is 34.9 Å². The molecular formula is C11H7Cl2FN2O. The van der Waals surface area contributed by atoms with Crippen molar-refractivity contribution in [3.63, 3.8) is 0 Å². The van der Waals surface area contributed by atoms with Gasteiger partial charge in [-0.15, -0.1) is 0 Å². The zero-order chi connectivity index (χ0) is 12.4. The van der Waals surface area contributed by atoms with E-state index in [0.29, 0.717) is 15.7 Å². The summed E-state index contributed by atoms with van der Waals surface area (Å²) in [5.41, 5.74) is 0.142. The molecule has 0 aliphatic carbocycles. The summed E-state index contributed by atoms with van der Waals surface area (Å²) in [5, 5.41) is 0.749. The third-order valence-corrected chi connectivity index (χ3v) is 2.69. The molecule has 0 aliphatic rings. The van der Waals surface area contributed by atoms with Crippen molar-refractivity contribution in [2.75, 3.05) is 0 Å². The van der Waals surface area contributed by atoms with Crippen LogP contribution in [0.3, 0.4) is 0 Å². The minimum Gasteiger partial charge on any atom is -0.307 e. The van der Waals surface area contributed by atoms with Crippen LogP contribution < -0.4 is 5.56 Å². The fourth-order valence-corrected chi connectivity index (χ4v) is 1.79. The molecule has 0 amide bonds. The Morgan fingerprint density at radius 3 is 2.82 bits per heavy atom. The maximum absolute atomic E-state index is 13.0. The Balaban J connectivity index is 2.38. The summed E-state index contributed by atoms with van der Waals surface area (Å²) in [5.74, 6) is -0.491. The number of hydrogen-bond acceptors (Lipinski definition) is 2. The average Bonchev–Trinajstić information content (AvgIpc) is 2.27. The van der Waals surface area contributed by atoms with Crippen molar-refractivity contribution in [1.29, 1.82) is 0 Å². The highest BCUT2D eigenvalue weighted by molar-refractivity contribution is 6.34. The van der Waals surface area contributed by atoms with Gasteiger partial charge in [0.25, 0.3) is 5.56 Å². The van der Waals surface area contributed by atoms with Gasteiger partial charge in [-0.05, 0) is 12.1 Å². The first-order valence-electron chi connectivity index (χ1n) is 4.72. The van der Waals surface area contributed by atoms with E-state index >= 15 is 0 Å². The van der Waals surface area contributed by atoms with Gasteiger partial charge < -0.3 is 4.57 Å². The SMILES string of the molecule is O=c1ccc(F)cn1Cc1ncc(Cl)cc1Cl. The largest absolute Gasteiger partial charge is 0.307 e. The van der Waals surface area contributed by atoms with Gasteiger partial charge in [-0.2, -0.15) is 0 Å². The smallest absolute Gasteiger partial charge is 0.251 e. The van der Waals surface area contributed by atoms with Crippen LogP contribution in [0, 0.1) is 5.82 Å². The van der Waals surface area contributed by atoms with Gasteiger partial charge in [0.15, 0.2) is 0 Å². The molecule has 0 spiro atoms. The lowest BCUT2D eigenvalue weighted by molar-refractivity contribution is 0.593. The normalized spacial score (nSPS) is 10.5. The Labute approximate surface area is 106 Å². The van der Waals surface area contributed by atoms with Gasteiger partial charge in [-0.3, -0.25) is 9.78 Å². The first kappa shape index (κ1) is 12.1. The van der Waals surface area contributed by atoms with E-state index in [2.05, 4.69) is 4.98 Å². The molecule has 2 aromatic heterocycles. The number of aromatic nitrogens is 2. The predicted molar refractivity (Wildman–Crippen MR) is 64.0 cm³/mol. The highest BCUT2D eigenvalue weighted by Gasteiger charge is 2.05. The van der Waals surface area contributed by atoms with Crippen LogP contribution in [0.4, 0.5) is 4.39 Å². The standard InChI is InChI=1S/C11H7Cl2FN2O/c12-7-3-9(13)10(15-4-7)6-16-5-8(14)1-2-11(16)17/h1-5H,6H2. The maximum Gasteiger partial charge on any atom is 0.251 e. The molecule has 0 atom stereocenters. The van der Waals surface area contributed by atoms with Gasteiger partial charge in [-0.25, -0.2) is 4.39 Å². The van der Waals surface area contributed by atoms with Gasteiger partial charge in [0.05, 0.1) is 22.3 Å². The molecule has 0 radical (unpaired) electrons. The lowest BCUT2D eigenvalue weighted by atomic mass is 10.3. The Kier molecular flexibility index (Phi) is 3.45. The lowest BCUT2D eigenvalue weighted by Crippen LogP contribution is -2.20. The Hall–Kier alpha value is -1.39. The molecule has 0 saturated carbocycles. The third-order valence-electron chi connectivity index (χ3n) is 2.15. The summed E-state index contributed by atoms with van der Waals surface area (Å²) in [6, 6.07) is 3.78. The lowest BCUT2D eigenvalue weighted by Gasteiger charge is -2.06. The van der Waals surface area contributed by atoms with E-state index in [1.54, 1.807) is 0 Å². The van der Waals surface area contributed by atoms with Gasteiger partial charge in [0, 0.05) is 18.5 Å². The minimum absolute atomic E-state index is 0.104. The van der Waals surface area contributed by atoms with E-state index in [0.717, 1.165) is 18.3 Å².